The first-order valence-electron chi connectivity index (χ1n) is 3.81. The van der Waals surface area contributed by atoms with Gasteiger partial charge < -0.3 is 10.4 Å². The Balaban J connectivity index is 2.75. The summed E-state index contributed by atoms with van der Waals surface area (Å²) in [4.78, 5) is 32.1. The van der Waals surface area contributed by atoms with Crippen molar-refractivity contribution in [2.24, 2.45) is 0 Å². The van der Waals surface area contributed by atoms with Gasteiger partial charge >= 0.3 is 11.9 Å². The van der Waals surface area contributed by atoms with Gasteiger partial charge in [-0.1, -0.05) is 6.08 Å². The molecule has 5 nitrogen and oxygen atoms in total. The van der Waals surface area contributed by atoms with Gasteiger partial charge in [0.15, 0.2) is 0 Å². The summed E-state index contributed by atoms with van der Waals surface area (Å²) < 4.78 is 0. The van der Waals surface area contributed by atoms with Crippen molar-refractivity contribution in [2.45, 2.75) is 6.42 Å². The van der Waals surface area contributed by atoms with Crippen molar-refractivity contribution in [3.05, 3.63) is 29.7 Å². The van der Waals surface area contributed by atoms with Crippen LogP contribution < -0.4 is 5.32 Å². The van der Waals surface area contributed by atoms with Crippen LogP contribution in [0, 0.1) is 0 Å². The molecular weight excluding hydrogens is 186 g/mol. The van der Waals surface area contributed by atoms with Gasteiger partial charge in [0.2, 0.25) is 5.78 Å². The average molecular weight is 193 g/mol. The van der Waals surface area contributed by atoms with Crippen LogP contribution in [0.4, 0.5) is 0 Å². The van der Waals surface area contributed by atoms with E-state index in [1.165, 1.54) is 6.08 Å². The Bertz CT molecular complexity index is 386. The third-order valence-electron chi connectivity index (χ3n) is 1.48. The highest BCUT2D eigenvalue weighted by Gasteiger charge is 2.16. The molecule has 1 amide bonds. The predicted molar refractivity (Wildman–Crippen MR) is 46.1 cm³/mol. The van der Waals surface area contributed by atoms with Crippen LogP contribution in [0.5, 0.6) is 0 Å². The zero-order chi connectivity index (χ0) is 10.6. The van der Waals surface area contributed by atoms with Gasteiger partial charge in [-0.25, -0.2) is 4.79 Å². The summed E-state index contributed by atoms with van der Waals surface area (Å²) in [7, 11) is 0. The molecule has 1 aliphatic rings. The molecule has 0 saturated carbocycles. The monoisotopic (exact) mass is 193 g/mol. The van der Waals surface area contributed by atoms with Crippen molar-refractivity contribution >= 4 is 17.7 Å². The van der Waals surface area contributed by atoms with E-state index < -0.39 is 17.7 Å². The number of carbonyl (C=O) groups is 3. The zero-order valence-corrected chi connectivity index (χ0v) is 7.11. The SMILES string of the molecule is O=C(O)C(=O)NC1=CCC=C=CC1=O. The second kappa shape index (κ2) is 4.20. The molecule has 0 aliphatic heterocycles. The molecule has 1 rings (SSSR count). The van der Waals surface area contributed by atoms with E-state index >= 15 is 0 Å². The number of carboxylic acid groups (broad SMARTS) is 1. The maximum absolute atomic E-state index is 11.2. The highest BCUT2D eigenvalue weighted by Crippen LogP contribution is 2.00. The Kier molecular flexibility index (Phi) is 2.99. The molecule has 0 fully saturated rings. The summed E-state index contributed by atoms with van der Waals surface area (Å²) >= 11 is 0. The van der Waals surface area contributed by atoms with Gasteiger partial charge in [-0.05, 0) is 12.5 Å². The Morgan fingerprint density at radius 3 is 2.86 bits per heavy atom. The van der Waals surface area contributed by atoms with Gasteiger partial charge in [0.05, 0.1) is 5.70 Å². The summed E-state index contributed by atoms with van der Waals surface area (Å²) in [6.07, 6.45) is 4.59. The first-order chi connectivity index (χ1) is 6.61. The van der Waals surface area contributed by atoms with Crippen molar-refractivity contribution in [3.63, 3.8) is 0 Å². The summed E-state index contributed by atoms with van der Waals surface area (Å²) in [5.74, 6) is -3.31. The molecular formula is C9H7NO4. The van der Waals surface area contributed by atoms with E-state index in [4.69, 9.17) is 5.11 Å². The lowest BCUT2D eigenvalue weighted by Gasteiger charge is -2.02. The van der Waals surface area contributed by atoms with Crippen LogP contribution in [0.1, 0.15) is 6.42 Å². The molecule has 0 aromatic rings. The van der Waals surface area contributed by atoms with Crippen molar-refractivity contribution in [2.75, 3.05) is 0 Å². The molecule has 1 aliphatic carbocycles. The third-order valence-corrected chi connectivity index (χ3v) is 1.48. The number of allylic oxidation sites excluding steroid dienone is 2. The first-order valence-corrected chi connectivity index (χ1v) is 3.81. The van der Waals surface area contributed by atoms with Crippen LogP contribution in [-0.2, 0) is 14.4 Å². The van der Waals surface area contributed by atoms with E-state index in [2.05, 4.69) is 5.73 Å². The van der Waals surface area contributed by atoms with Crippen molar-refractivity contribution < 1.29 is 19.5 Å². The number of aliphatic carboxylic acids is 1. The lowest BCUT2D eigenvalue weighted by molar-refractivity contribution is -0.149. The second-order valence-electron chi connectivity index (χ2n) is 2.49. The van der Waals surface area contributed by atoms with Crippen LogP contribution in [-0.4, -0.2) is 22.8 Å². The minimum absolute atomic E-state index is 0.0290. The molecule has 72 valence electrons. The van der Waals surface area contributed by atoms with E-state index in [9.17, 15) is 14.4 Å². The van der Waals surface area contributed by atoms with Crippen LogP contribution in [0.2, 0.25) is 0 Å². The highest BCUT2D eigenvalue weighted by molar-refractivity contribution is 6.33. The van der Waals surface area contributed by atoms with Crippen LogP contribution in [0.25, 0.3) is 0 Å². The van der Waals surface area contributed by atoms with Gasteiger partial charge in [0.25, 0.3) is 0 Å². The molecule has 5 heteroatoms. The molecule has 0 unspecified atom stereocenters. The standard InChI is InChI=1S/C9H7NO4/c11-7-5-3-1-2-4-6(7)10-8(12)9(13)14/h1,4-5H,2H2,(H,10,12)(H,13,14). The second-order valence-corrected chi connectivity index (χ2v) is 2.49. The molecule has 0 atom stereocenters. The smallest absolute Gasteiger partial charge is 0.394 e. The first kappa shape index (κ1) is 9.95. The summed E-state index contributed by atoms with van der Waals surface area (Å²) in [6.45, 7) is 0. The topological polar surface area (TPSA) is 83.5 Å². The number of carboxylic acids is 1. The van der Waals surface area contributed by atoms with Gasteiger partial charge in [-0.3, -0.25) is 9.59 Å². The minimum Gasteiger partial charge on any atom is -0.474 e. The molecule has 0 aromatic carbocycles. The van der Waals surface area contributed by atoms with E-state index in [1.807, 2.05) is 5.32 Å². The van der Waals surface area contributed by atoms with Crippen molar-refractivity contribution in [1.29, 1.82) is 0 Å². The maximum Gasteiger partial charge on any atom is 0.394 e. The Morgan fingerprint density at radius 1 is 1.50 bits per heavy atom. The minimum atomic E-state index is -1.63. The van der Waals surface area contributed by atoms with Crippen LogP contribution >= 0.6 is 0 Å². The fourth-order valence-electron chi connectivity index (χ4n) is 0.846. The molecule has 2 N–H and O–H groups in total. The fourth-order valence-corrected chi connectivity index (χ4v) is 0.846. The molecule has 0 heterocycles. The van der Waals surface area contributed by atoms with Gasteiger partial charge in [-0.15, -0.1) is 5.73 Å². The number of hydrogen-bond acceptors (Lipinski definition) is 3. The molecule has 14 heavy (non-hydrogen) atoms. The largest absolute Gasteiger partial charge is 0.474 e. The van der Waals surface area contributed by atoms with Gasteiger partial charge in [-0.2, -0.15) is 0 Å². The van der Waals surface area contributed by atoms with E-state index in [0.29, 0.717) is 6.42 Å². The Hall–Kier alpha value is -2.13. The van der Waals surface area contributed by atoms with Crippen molar-refractivity contribution in [1.82, 2.24) is 5.32 Å². The zero-order valence-electron chi connectivity index (χ0n) is 7.11. The van der Waals surface area contributed by atoms with Crippen LogP contribution in [0.3, 0.4) is 0 Å². The lowest BCUT2D eigenvalue weighted by Crippen LogP contribution is -2.32. The Labute approximate surface area is 79.4 Å². The van der Waals surface area contributed by atoms with E-state index in [-0.39, 0.29) is 5.70 Å². The molecule has 0 radical (unpaired) electrons. The average Bonchev–Trinajstić information content (AvgIpc) is 2.32. The van der Waals surface area contributed by atoms with Crippen LogP contribution in [0.15, 0.2) is 29.7 Å². The number of amides is 1. The normalized spacial score (nSPS) is 14.6. The van der Waals surface area contributed by atoms with E-state index in [0.717, 1.165) is 6.08 Å². The van der Waals surface area contributed by atoms with Gasteiger partial charge in [0.1, 0.15) is 0 Å². The number of carbonyl (C=O) groups excluding carboxylic acids is 2. The number of nitrogens with one attached hydrogen (secondary N) is 1. The third kappa shape index (κ3) is 2.43. The molecule has 0 aromatic heterocycles. The number of hydrogen-bond donors (Lipinski definition) is 2. The number of ketones is 1. The molecule has 0 spiro atoms. The van der Waals surface area contributed by atoms with Crippen molar-refractivity contribution in [3.8, 4) is 0 Å². The molecule has 0 saturated heterocycles. The summed E-state index contributed by atoms with van der Waals surface area (Å²) in [5.41, 5.74) is 2.55. The number of rotatable bonds is 1. The Morgan fingerprint density at radius 2 is 2.21 bits per heavy atom. The molecule has 0 bridgehead atoms. The van der Waals surface area contributed by atoms with E-state index in [1.54, 1.807) is 6.08 Å². The fraction of sp³-hybridized carbons (Fsp3) is 0.111. The quantitative estimate of drug-likeness (QED) is 0.444. The van der Waals surface area contributed by atoms with Gasteiger partial charge in [0, 0.05) is 6.08 Å². The lowest BCUT2D eigenvalue weighted by atomic mass is 10.2. The predicted octanol–water partition coefficient (Wildman–Crippen LogP) is -0.245. The summed E-state index contributed by atoms with van der Waals surface area (Å²) in [5, 5.41) is 10.3. The summed E-state index contributed by atoms with van der Waals surface area (Å²) in [6, 6.07) is 0. The maximum atomic E-state index is 11.2. The highest BCUT2D eigenvalue weighted by atomic mass is 16.4.